The van der Waals surface area contributed by atoms with E-state index in [4.69, 9.17) is 0 Å². The Bertz CT molecular complexity index is 515. The van der Waals surface area contributed by atoms with Crippen molar-refractivity contribution in [2.24, 2.45) is 5.92 Å². The Labute approximate surface area is 119 Å². The Morgan fingerprint density at radius 2 is 2.00 bits per heavy atom. The quantitative estimate of drug-likeness (QED) is 0.868. The monoisotopic (exact) mass is 271 g/mol. The minimum Gasteiger partial charge on any atom is -0.385 e. The first-order valence-electron chi connectivity index (χ1n) is 7.49. The van der Waals surface area contributed by atoms with Crippen LogP contribution in [0.3, 0.4) is 0 Å². The van der Waals surface area contributed by atoms with Crippen LogP contribution in [0.25, 0.3) is 5.69 Å². The van der Waals surface area contributed by atoms with E-state index >= 15 is 0 Å². The Morgan fingerprint density at radius 3 is 2.75 bits per heavy atom. The molecule has 0 aliphatic heterocycles. The maximum Gasteiger partial charge on any atom is 0.143 e. The second-order valence-electron chi connectivity index (χ2n) is 5.54. The molecule has 2 aromatic rings. The van der Waals surface area contributed by atoms with Gasteiger partial charge in [0.2, 0.25) is 0 Å². The van der Waals surface area contributed by atoms with Crippen LogP contribution in [0, 0.1) is 5.92 Å². The number of anilines is 1. The molecular formula is C15H21N5. The van der Waals surface area contributed by atoms with Gasteiger partial charge in [0.1, 0.15) is 6.33 Å². The van der Waals surface area contributed by atoms with Crippen molar-refractivity contribution in [2.45, 2.75) is 38.5 Å². The third kappa shape index (κ3) is 3.35. The molecule has 1 heterocycles. The average molecular weight is 271 g/mol. The Balaban J connectivity index is 1.61. The van der Waals surface area contributed by atoms with Crippen molar-refractivity contribution in [3.63, 3.8) is 0 Å². The fourth-order valence-electron chi connectivity index (χ4n) is 2.87. The van der Waals surface area contributed by atoms with E-state index in [0.717, 1.165) is 23.8 Å². The van der Waals surface area contributed by atoms with Crippen molar-refractivity contribution in [1.29, 1.82) is 0 Å². The van der Waals surface area contributed by atoms with Crippen LogP contribution < -0.4 is 5.32 Å². The summed E-state index contributed by atoms with van der Waals surface area (Å²) in [5.41, 5.74) is 2.13. The van der Waals surface area contributed by atoms with Gasteiger partial charge in [0, 0.05) is 12.2 Å². The number of aromatic nitrogens is 4. The predicted molar refractivity (Wildman–Crippen MR) is 78.8 cm³/mol. The maximum absolute atomic E-state index is 3.92. The van der Waals surface area contributed by atoms with Gasteiger partial charge in [-0.1, -0.05) is 31.7 Å². The van der Waals surface area contributed by atoms with E-state index in [2.05, 4.69) is 33.0 Å². The van der Waals surface area contributed by atoms with E-state index in [-0.39, 0.29) is 0 Å². The molecule has 0 bridgehead atoms. The fraction of sp³-hybridized carbons (Fsp3) is 0.533. The molecule has 0 amide bonds. The molecule has 1 saturated carbocycles. The lowest BCUT2D eigenvalue weighted by molar-refractivity contribution is 0.483. The molecule has 1 N–H and O–H groups in total. The van der Waals surface area contributed by atoms with Crippen LogP contribution in [0.2, 0.25) is 0 Å². The highest BCUT2D eigenvalue weighted by Gasteiger charge is 2.11. The molecule has 0 atom stereocenters. The summed E-state index contributed by atoms with van der Waals surface area (Å²) < 4.78 is 1.68. The summed E-state index contributed by atoms with van der Waals surface area (Å²) in [5.74, 6) is 0.814. The average Bonchev–Trinajstić information content (AvgIpc) is 2.90. The molecule has 0 spiro atoms. The molecule has 1 aliphatic rings. The summed E-state index contributed by atoms with van der Waals surface area (Å²) in [6, 6.07) is 8.23. The van der Waals surface area contributed by atoms with Gasteiger partial charge in [-0.25, -0.2) is 4.68 Å². The molecule has 0 saturated heterocycles. The van der Waals surface area contributed by atoms with Crippen LogP contribution in [0.4, 0.5) is 5.69 Å². The van der Waals surface area contributed by atoms with Crippen LogP contribution in [0.5, 0.6) is 0 Å². The highest BCUT2D eigenvalue weighted by molar-refractivity contribution is 5.50. The zero-order valence-electron chi connectivity index (χ0n) is 11.7. The molecule has 1 aliphatic carbocycles. The SMILES string of the molecule is c1cc(NCC2CCCCCC2)cc(-n2cnnn2)c1. The van der Waals surface area contributed by atoms with Gasteiger partial charge < -0.3 is 5.32 Å². The van der Waals surface area contributed by atoms with Gasteiger partial charge in [-0.2, -0.15) is 0 Å². The van der Waals surface area contributed by atoms with Gasteiger partial charge >= 0.3 is 0 Å². The molecule has 5 nitrogen and oxygen atoms in total. The van der Waals surface area contributed by atoms with Crippen LogP contribution in [0.1, 0.15) is 38.5 Å². The summed E-state index contributed by atoms with van der Waals surface area (Å²) in [7, 11) is 0. The minimum atomic E-state index is 0.814. The lowest BCUT2D eigenvalue weighted by atomic mass is 10.0. The lowest BCUT2D eigenvalue weighted by Crippen LogP contribution is -2.13. The number of nitrogens with zero attached hydrogens (tertiary/aromatic N) is 4. The van der Waals surface area contributed by atoms with E-state index in [1.165, 1.54) is 38.5 Å². The van der Waals surface area contributed by atoms with Crippen molar-refractivity contribution >= 4 is 5.69 Å². The van der Waals surface area contributed by atoms with Crippen molar-refractivity contribution in [3.8, 4) is 5.69 Å². The number of hydrogen-bond acceptors (Lipinski definition) is 4. The van der Waals surface area contributed by atoms with E-state index in [0.29, 0.717) is 0 Å². The second-order valence-corrected chi connectivity index (χ2v) is 5.54. The molecule has 1 aromatic carbocycles. The molecular weight excluding hydrogens is 250 g/mol. The molecule has 1 fully saturated rings. The predicted octanol–water partition coefficient (Wildman–Crippen LogP) is 3.04. The number of nitrogens with one attached hydrogen (secondary N) is 1. The maximum atomic E-state index is 3.92. The summed E-state index contributed by atoms with van der Waals surface area (Å²) >= 11 is 0. The number of rotatable bonds is 4. The van der Waals surface area contributed by atoms with Crippen LogP contribution in [-0.2, 0) is 0 Å². The first-order chi connectivity index (χ1) is 9.92. The van der Waals surface area contributed by atoms with Gasteiger partial charge in [-0.15, -0.1) is 5.10 Å². The first kappa shape index (κ1) is 13.1. The molecule has 106 valence electrons. The number of hydrogen-bond donors (Lipinski definition) is 1. The summed E-state index contributed by atoms with van der Waals surface area (Å²) in [6.07, 6.45) is 9.92. The highest BCUT2D eigenvalue weighted by atomic mass is 15.5. The normalized spacial score (nSPS) is 16.8. The second kappa shape index (κ2) is 6.50. The zero-order valence-corrected chi connectivity index (χ0v) is 11.7. The van der Waals surface area contributed by atoms with E-state index in [9.17, 15) is 0 Å². The largest absolute Gasteiger partial charge is 0.385 e. The third-order valence-electron chi connectivity index (χ3n) is 4.03. The number of tetrazole rings is 1. The van der Waals surface area contributed by atoms with Crippen molar-refractivity contribution in [1.82, 2.24) is 20.2 Å². The van der Waals surface area contributed by atoms with Gasteiger partial charge in [-0.05, 0) is 47.4 Å². The van der Waals surface area contributed by atoms with E-state index < -0.39 is 0 Å². The van der Waals surface area contributed by atoms with Gasteiger partial charge in [0.05, 0.1) is 5.69 Å². The third-order valence-corrected chi connectivity index (χ3v) is 4.03. The highest BCUT2D eigenvalue weighted by Crippen LogP contribution is 2.23. The number of benzene rings is 1. The van der Waals surface area contributed by atoms with E-state index in [1.54, 1.807) is 11.0 Å². The Kier molecular flexibility index (Phi) is 4.25. The molecule has 3 rings (SSSR count). The molecule has 0 unspecified atom stereocenters. The summed E-state index contributed by atoms with van der Waals surface area (Å²) in [4.78, 5) is 0. The Morgan fingerprint density at radius 1 is 1.15 bits per heavy atom. The standard InChI is InChI=1S/C15H21N5/c1-2-4-7-13(6-3-1)11-16-14-8-5-9-15(10-14)20-12-17-18-19-20/h5,8-10,12-13,16H,1-4,6-7,11H2. The first-order valence-corrected chi connectivity index (χ1v) is 7.49. The molecule has 1 aromatic heterocycles. The van der Waals surface area contributed by atoms with Crippen molar-refractivity contribution in [2.75, 3.05) is 11.9 Å². The topological polar surface area (TPSA) is 55.6 Å². The van der Waals surface area contributed by atoms with Crippen LogP contribution in [0.15, 0.2) is 30.6 Å². The smallest absolute Gasteiger partial charge is 0.143 e. The zero-order chi connectivity index (χ0) is 13.6. The lowest BCUT2D eigenvalue weighted by Gasteiger charge is -2.16. The van der Waals surface area contributed by atoms with Crippen molar-refractivity contribution < 1.29 is 0 Å². The molecule has 0 radical (unpaired) electrons. The summed E-state index contributed by atoms with van der Waals surface area (Å²) in [6.45, 7) is 1.07. The van der Waals surface area contributed by atoms with E-state index in [1.807, 2.05) is 12.1 Å². The summed E-state index contributed by atoms with van der Waals surface area (Å²) in [5, 5.41) is 14.8. The Hall–Kier alpha value is -1.91. The molecule has 20 heavy (non-hydrogen) atoms. The minimum absolute atomic E-state index is 0.814. The van der Waals surface area contributed by atoms with Crippen LogP contribution in [-0.4, -0.2) is 26.8 Å². The fourth-order valence-corrected chi connectivity index (χ4v) is 2.87. The van der Waals surface area contributed by atoms with Gasteiger partial charge in [0.25, 0.3) is 0 Å². The molecule has 5 heteroatoms. The van der Waals surface area contributed by atoms with Gasteiger partial charge in [0.15, 0.2) is 0 Å². The van der Waals surface area contributed by atoms with Crippen molar-refractivity contribution in [3.05, 3.63) is 30.6 Å². The van der Waals surface area contributed by atoms with Crippen LogP contribution >= 0.6 is 0 Å². The van der Waals surface area contributed by atoms with Gasteiger partial charge in [-0.3, -0.25) is 0 Å².